The molecule has 35 heavy (non-hydrogen) atoms. The fourth-order valence-corrected chi connectivity index (χ4v) is 4.26. The average Bonchev–Trinajstić information content (AvgIpc) is 3.23. The Morgan fingerprint density at radius 1 is 1.03 bits per heavy atom. The number of nitrogens with one attached hydrogen (secondary N) is 2. The Kier molecular flexibility index (Phi) is 8.49. The minimum absolute atomic E-state index is 0.110. The molecular formula is C25H34N6O4. The van der Waals surface area contributed by atoms with Gasteiger partial charge in [0.05, 0.1) is 13.2 Å². The molecule has 0 aliphatic carbocycles. The molecule has 2 aromatic rings. The van der Waals surface area contributed by atoms with E-state index in [9.17, 15) is 14.4 Å². The van der Waals surface area contributed by atoms with Crippen molar-refractivity contribution in [1.82, 2.24) is 30.2 Å². The number of ether oxygens (including phenoxy) is 1. The minimum atomic E-state index is -0.385. The molecule has 2 aliphatic heterocycles. The van der Waals surface area contributed by atoms with E-state index in [1.54, 1.807) is 15.6 Å². The topological polar surface area (TPSA) is 109 Å². The van der Waals surface area contributed by atoms with E-state index in [2.05, 4.69) is 20.6 Å². The molecule has 2 aliphatic rings. The molecule has 4 rings (SSSR count). The number of amides is 3. The van der Waals surface area contributed by atoms with Gasteiger partial charge in [0.2, 0.25) is 5.91 Å². The molecule has 188 valence electrons. The summed E-state index contributed by atoms with van der Waals surface area (Å²) in [6, 6.07) is 9.68. The number of carbonyl (C=O) groups is 3. The standard InChI is InChI=1S/C25H34N6O4/c1-19-3-5-20(6-4-19)18-30-10-2-11-31-22(25(30)34)17-21(28-31)24(33)27-8-7-23(32)26-9-12-29-13-15-35-16-14-29/h3-6,17H,2,7-16,18H2,1H3,(H,26,32)(H,27,33). The number of benzene rings is 1. The molecule has 0 atom stereocenters. The normalized spacial score (nSPS) is 16.5. The number of carbonyl (C=O) groups excluding carboxylic acids is 3. The van der Waals surface area contributed by atoms with Crippen LogP contribution in [0.25, 0.3) is 0 Å². The molecule has 10 nitrogen and oxygen atoms in total. The zero-order valence-electron chi connectivity index (χ0n) is 20.3. The predicted molar refractivity (Wildman–Crippen MR) is 130 cm³/mol. The van der Waals surface area contributed by atoms with Crippen molar-refractivity contribution in [3.05, 3.63) is 52.8 Å². The molecule has 0 unspecified atom stereocenters. The molecule has 0 bridgehead atoms. The van der Waals surface area contributed by atoms with Crippen molar-refractivity contribution in [2.45, 2.75) is 32.9 Å². The van der Waals surface area contributed by atoms with Crippen LogP contribution < -0.4 is 10.6 Å². The summed E-state index contributed by atoms with van der Waals surface area (Å²) in [4.78, 5) is 41.9. The van der Waals surface area contributed by atoms with Crippen LogP contribution in [0.15, 0.2) is 30.3 Å². The Labute approximate surface area is 205 Å². The molecule has 1 aromatic heterocycles. The van der Waals surface area contributed by atoms with E-state index in [-0.39, 0.29) is 36.4 Å². The Morgan fingerprint density at radius 2 is 1.80 bits per heavy atom. The number of nitrogens with zero attached hydrogens (tertiary/aromatic N) is 4. The van der Waals surface area contributed by atoms with Gasteiger partial charge in [0.15, 0.2) is 5.69 Å². The van der Waals surface area contributed by atoms with Gasteiger partial charge in [-0.15, -0.1) is 0 Å². The summed E-state index contributed by atoms with van der Waals surface area (Å²) in [5.41, 5.74) is 2.85. The second-order valence-electron chi connectivity index (χ2n) is 9.01. The molecule has 3 amide bonds. The lowest BCUT2D eigenvalue weighted by Gasteiger charge is -2.26. The van der Waals surface area contributed by atoms with E-state index < -0.39 is 0 Å². The van der Waals surface area contributed by atoms with Gasteiger partial charge in [-0.1, -0.05) is 29.8 Å². The molecule has 2 N–H and O–H groups in total. The minimum Gasteiger partial charge on any atom is -0.379 e. The number of hydrogen-bond donors (Lipinski definition) is 2. The first-order chi connectivity index (χ1) is 17.0. The highest BCUT2D eigenvalue weighted by Gasteiger charge is 2.26. The van der Waals surface area contributed by atoms with Gasteiger partial charge in [0.25, 0.3) is 11.8 Å². The zero-order chi connectivity index (χ0) is 24.6. The van der Waals surface area contributed by atoms with E-state index in [4.69, 9.17) is 4.74 Å². The van der Waals surface area contributed by atoms with Crippen LogP contribution in [0.4, 0.5) is 0 Å². The maximum absolute atomic E-state index is 13.1. The molecule has 3 heterocycles. The van der Waals surface area contributed by atoms with E-state index >= 15 is 0 Å². The lowest BCUT2D eigenvalue weighted by atomic mass is 10.1. The first-order valence-corrected chi connectivity index (χ1v) is 12.3. The third kappa shape index (κ3) is 6.89. The highest BCUT2D eigenvalue weighted by Crippen LogP contribution is 2.17. The largest absolute Gasteiger partial charge is 0.379 e. The van der Waals surface area contributed by atoms with Crippen molar-refractivity contribution in [2.75, 3.05) is 52.5 Å². The number of aromatic nitrogens is 2. The smallest absolute Gasteiger partial charge is 0.272 e. The van der Waals surface area contributed by atoms with E-state index in [1.165, 1.54) is 5.56 Å². The number of aryl methyl sites for hydroxylation is 2. The van der Waals surface area contributed by atoms with Crippen LogP contribution >= 0.6 is 0 Å². The average molecular weight is 483 g/mol. The van der Waals surface area contributed by atoms with Gasteiger partial charge in [-0.3, -0.25) is 24.0 Å². The lowest BCUT2D eigenvalue weighted by molar-refractivity contribution is -0.121. The van der Waals surface area contributed by atoms with Crippen LogP contribution in [0.1, 0.15) is 44.9 Å². The van der Waals surface area contributed by atoms with Gasteiger partial charge in [-0.25, -0.2) is 0 Å². The number of morpholine rings is 1. The Hall–Kier alpha value is -3.24. The summed E-state index contributed by atoms with van der Waals surface area (Å²) < 4.78 is 6.93. The fraction of sp³-hybridized carbons (Fsp3) is 0.520. The SMILES string of the molecule is Cc1ccc(CN2CCCn3nc(C(=O)NCCC(=O)NCCN4CCOCC4)cc3C2=O)cc1. The summed E-state index contributed by atoms with van der Waals surface area (Å²) >= 11 is 0. The van der Waals surface area contributed by atoms with Crippen LogP contribution in [-0.2, 0) is 22.6 Å². The summed E-state index contributed by atoms with van der Waals surface area (Å²) in [6.45, 7) is 8.55. The highest BCUT2D eigenvalue weighted by molar-refractivity contribution is 5.98. The molecule has 0 spiro atoms. The summed E-state index contributed by atoms with van der Waals surface area (Å²) in [6.07, 6.45) is 0.948. The van der Waals surface area contributed by atoms with Gasteiger partial charge >= 0.3 is 0 Å². The molecule has 1 saturated heterocycles. The van der Waals surface area contributed by atoms with E-state index in [1.807, 2.05) is 31.2 Å². The maximum atomic E-state index is 13.1. The lowest BCUT2D eigenvalue weighted by Crippen LogP contribution is -2.41. The molecule has 0 saturated carbocycles. The molecule has 10 heteroatoms. The monoisotopic (exact) mass is 482 g/mol. The van der Waals surface area contributed by atoms with Gasteiger partial charge in [-0.05, 0) is 18.9 Å². The number of fused-ring (bicyclic) bond motifs is 1. The summed E-state index contributed by atoms with van der Waals surface area (Å²) in [5.74, 6) is -0.625. The van der Waals surface area contributed by atoms with Gasteiger partial charge in [0, 0.05) is 64.8 Å². The molecule has 1 aromatic carbocycles. The van der Waals surface area contributed by atoms with Crippen molar-refractivity contribution in [1.29, 1.82) is 0 Å². The van der Waals surface area contributed by atoms with Crippen molar-refractivity contribution in [2.24, 2.45) is 0 Å². The van der Waals surface area contributed by atoms with Crippen LogP contribution in [0, 0.1) is 6.92 Å². The van der Waals surface area contributed by atoms with Crippen molar-refractivity contribution in [3.63, 3.8) is 0 Å². The van der Waals surface area contributed by atoms with Crippen LogP contribution in [0.3, 0.4) is 0 Å². The maximum Gasteiger partial charge on any atom is 0.272 e. The summed E-state index contributed by atoms with van der Waals surface area (Å²) in [5, 5.41) is 9.97. The van der Waals surface area contributed by atoms with Crippen molar-refractivity contribution >= 4 is 17.7 Å². The van der Waals surface area contributed by atoms with E-state index in [0.717, 1.165) is 44.8 Å². The highest BCUT2D eigenvalue weighted by atomic mass is 16.5. The third-order valence-electron chi connectivity index (χ3n) is 6.30. The van der Waals surface area contributed by atoms with Crippen LogP contribution in [-0.4, -0.2) is 89.8 Å². The Bertz CT molecular complexity index is 1030. The van der Waals surface area contributed by atoms with Crippen LogP contribution in [0.5, 0.6) is 0 Å². The first-order valence-electron chi connectivity index (χ1n) is 12.3. The second-order valence-corrected chi connectivity index (χ2v) is 9.01. The zero-order valence-corrected chi connectivity index (χ0v) is 20.3. The summed E-state index contributed by atoms with van der Waals surface area (Å²) in [7, 11) is 0. The van der Waals surface area contributed by atoms with Crippen molar-refractivity contribution in [3.8, 4) is 0 Å². The molecule has 0 radical (unpaired) electrons. The third-order valence-corrected chi connectivity index (χ3v) is 6.30. The molecule has 1 fully saturated rings. The van der Waals surface area contributed by atoms with Crippen LogP contribution in [0.2, 0.25) is 0 Å². The van der Waals surface area contributed by atoms with Crippen molar-refractivity contribution < 1.29 is 19.1 Å². The Balaban J connectivity index is 1.24. The predicted octanol–water partition coefficient (Wildman–Crippen LogP) is 0.806. The number of hydrogen-bond acceptors (Lipinski definition) is 6. The molecular weight excluding hydrogens is 448 g/mol. The van der Waals surface area contributed by atoms with Gasteiger partial charge in [0.1, 0.15) is 5.69 Å². The second kappa shape index (κ2) is 11.9. The fourth-order valence-electron chi connectivity index (χ4n) is 4.26. The quantitative estimate of drug-likeness (QED) is 0.548. The van der Waals surface area contributed by atoms with Gasteiger partial charge < -0.3 is 20.3 Å². The number of rotatable bonds is 9. The van der Waals surface area contributed by atoms with Gasteiger partial charge in [-0.2, -0.15) is 5.10 Å². The Morgan fingerprint density at radius 3 is 2.57 bits per heavy atom. The first kappa shape index (κ1) is 24.9. The van der Waals surface area contributed by atoms with E-state index in [0.29, 0.717) is 31.9 Å².